The van der Waals surface area contributed by atoms with E-state index in [0.29, 0.717) is 0 Å². The second-order valence-corrected chi connectivity index (χ2v) is 5.64. The van der Waals surface area contributed by atoms with E-state index < -0.39 is 0 Å². The SMILES string of the molecule is CCNCc1ccc(N(CC)c2cccc(F)c2)c(Br)c1. The number of halogens is 2. The molecule has 112 valence electrons. The highest BCUT2D eigenvalue weighted by Crippen LogP contribution is 2.33. The summed E-state index contributed by atoms with van der Waals surface area (Å²) >= 11 is 3.63. The lowest BCUT2D eigenvalue weighted by Gasteiger charge is -2.25. The second kappa shape index (κ2) is 7.57. The quantitative estimate of drug-likeness (QED) is 0.800. The van der Waals surface area contributed by atoms with Gasteiger partial charge in [-0.05, 0) is 65.3 Å². The van der Waals surface area contributed by atoms with Gasteiger partial charge in [0.2, 0.25) is 0 Å². The van der Waals surface area contributed by atoms with Gasteiger partial charge in [-0.1, -0.05) is 19.1 Å². The first-order valence-electron chi connectivity index (χ1n) is 7.18. The van der Waals surface area contributed by atoms with Crippen molar-refractivity contribution < 1.29 is 4.39 Å². The summed E-state index contributed by atoms with van der Waals surface area (Å²) < 4.78 is 14.5. The molecule has 2 nitrogen and oxygen atoms in total. The number of hydrogen-bond donors (Lipinski definition) is 1. The predicted octanol–water partition coefficient (Wildman–Crippen LogP) is 4.86. The summed E-state index contributed by atoms with van der Waals surface area (Å²) in [6, 6.07) is 13.0. The summed E-state index contributed by atoms with van der Waals surface area (Å²) in [5, 5.41) is 3.31. The predicted molar refractivity (Wildman–Crippen MR) is 90.6 cm³/mol. The summed E-state index contributed by atoms with van der Waals surface area (Å²) in [6.07, 6.45) is 0. The van der Waals surface area contributed by atoms with Gasteiger partial charge in [-0.3, -0.25) is 0 Å². The third-order valence-electron chi connectivity index (χ3n) is 3.32. The first kappa shape index (κ1) is 16.0. The van der Waals surface area contributed by atoms with Gasteiger partial charge < -0.3 is 10.2 Å². The molecule has 0 saturated heterocycles. The number of rotatable bonds is 6. The normalized spacial score (nSPS) is 10.7. The van der Waals surface area contributed by atoms with Gasteiger partial charge in [0.05, 0.1) is 5.69 Å². The molecule has 0 aromatic heterocycles. The maximum Gasteiger partial charge on any atom is 0.125 e. The molecular formula is C17H20BrFN2. The monoisotopic (exact) mass is 350 g/mol. The van der Waals surface area contributed by atoms with Crippen molar-refractivity contribution in [3.05, 3.63) is 58.3 Å². The van der Waals surface area contributed by atoms with Crippen LogP contribution in [0.5, 0.6) is 0 Å². The van der Waals surface area contributed by atoms with Crippen LogP contribution in [-0.4, -0.2) is 13.1 Å². The van der Waals surface area contributed by atoms with Crippen LogP contribution in [0.3, 0.4) is 0 Å². The van der Waals surface area contributed by atoms with E-state index in [2.05, 4.69) is 58.2 Å². The van der Waals surface area contributed by atoms with Gasteiger partial charge in [0, 0.05) is 23.2 Å². The van der Waals surface area contributed by atoms with Crippen LogP contribution >= 0.6 is 15.9 Å². The Kier molecular flexibility index (Phi) is 5.76. The highest BCUT2D eigenvalue weighted by Gasteiger charge is 2.11. The van der Waals surface area contributed by atoms with E-state index in [1.807, 2.05) is 6.07 Å². The summed E-state index contributed by atoms with van der Waals surface area (Å²) in [7, 11) is 0. The van der Waals surface area contributed by atoms with E-state index in [0.717, 1.165) is 35.5 Å². The highest BCUT2D eigenvalue weighted by atomic mass is 79.9. The molecule has 0 bridgehead atoms. The first-order chi connectivity index (χ1) is 10.2. The van der Waals surface area contributed by atoms with E-state index in [1.165, 1.54) is 11.6 Å². The zero-order chi connectivity index (χ0) is 15.2. The fourth-order valence-corrected chi connectivity index (χ4v) is 2.92. The molecule has 2 aromatic rings. The highest BCUT2D eigenvalue weighted by molar-refractivity contribution is 9.10. The van der Waals surface area contributed by atoms with Crippen LogP contribution in [0.2, 0.25) is 0 Å². The Balaban J connectivity index is 2.30. The smallest absolute Gasteiger partial charge is 0.125 e. The number of hydrogen-bond acceptors (Lipinski definition) is 2. The van der Waals surface area contributed by atoms with Crippen LogP contribution in [0.15, 0.2) is 46.9 Å². The van der Waals surface area contributed by atoms with Crippen molar-refractivity contribution in [3.63, 3.8) is 0 Å². The minimum Gasteiger partial charge on any atom is -0.341 e. The Hall–Kier alpha value is -1.39. The van der Waals surface area contributed by atoms with E-state index in [4.69, 9.17) is 0 Å². The lowest BCUT2D eigenvalue weighted by Crippen LogP contribution is -2.17. The summed E-state index contributed by atoms with van der Waals surface area (Å²) in [5.74, 6) is -0.217. The molecule has 0 aliphatic rings. The molecule has 0 aliphatic heterocycles. The zero-order valence-corrected chi connectivity index (χ0v) is 14.0. The largest absolute Gasteiger partial charge is 0.341 e. The standard InChI is InChI=1S/C17H20BrFN2/c1-3-20-12-13-8-9-17(16(18)10-13)21(4-2)15-7-5-6-14(19)11-15/h5-11,20H,3-4,12H2,1-2H3. The Morgan fingerprint density at radius 2 is 1.95 bits per heavy atom. The van der Waals surface area contributed by atoms with Crippen molar-refractivity contribution in [3.8, 4) is 0 Å². The second-order valence-electron chi connectivity index (χ2n) is 4.79. The van der Waals surface area contributed by atoms with Gasteiger partial charge >= 0.3 is 0 Å². The molecule has 0 spiro atoms. The Morgan fingerprint density at radius 1 is 1.14 bits per heavy atom. The molecule has 0 radical (unpaired) electrons. The maximum absolute atomic E-state index is 13.4. The van der Waals surface area contributed by atoms with Crippen molar-refractivity contribution in [2.45, 2.75) is 20.4 Å². The molecule has 0 saturated carbocycles. The average Bonchev–Trinajstić information content (AvgIpc) is 2.48. The summed E-state index contributed by atoms with van der Waals surface area (Å²) in [5.41, 5.74) is 3.13. The lowest BCUT2D eigenvalue weighted by molar-refractivity contribution is 0.627. The third-order valence-corrected chi connectivity index (χ3v) is 3.95. The molecule has 0 aliphatic carbocycles. The third kappa shape index (κ3) is 4.05. The molecule has 21 heavy (non-hydrogen) atoms. The molecular weight excluding hydrogens is 331 g/mol. The molecule has 0 heterocycles. The fourth-order valence-electron chi connectivity index (χ4n) is 2.28. The Bertz CT molecular complexity index is 601. The summed E-state index contributed by atoms with van der Waals surface area (Å²) in [4.78, 5) is 2.09. The van der Waals surface area contributed by atoms with Crippen molar-refractivity contribution in [1.29, 1.82) is 0 Å². The number of anilines is 2. The van der Waals surface area contributed by atoms with E-state index in [9.17, 15) is 4.39 Å². The van der Waals surface area contributed by atoms with E-state index >= 15 is 0 Å². The van der Waals surface area contributed by atoms with Crippen molar-refractivity contribution in [1.82, 2.24) is 5.32 Å². The number of nitrogens with one attached hydrogen (secondary N) is 1. The van der Waals surface area contributed by atoms with Crippen LogP contribution < -0.4 is 10.2 Å². The molecule has 4 heteroatoms. The summed E-state index contributed by atoms with van der Waals surface area (Å²) in [6.45, 7) is 6.72. The van der Waals surface area contributed by atoms with Gasteiger partial charge in [0.15, 0.2) is 0 Å². The van der Waals surface area contributed by atoms with Gasteiger partial charge in [0.25, 0.3) is 0 Å². The molecule has 1 N–H and O–H groups in total. The fraction of sp³-hybridized carbons (Fsp3) is 0.294. The van der Waals surface area contributed by atoms with Gasteiger partial charge in [0.1, 0.15) is 5.82 Å². The van der Waals surface area contributed by atoms with Crippen molar-refractivity contribution in [2.24, 2.45) is 0 Å². The molecule has 0 unspecified atom stereocenters. The van der Waals surface area contributed by atoms with Crippen LogP contribution in [0.1, 0.15) is 19.4 Å². The van der Waals surface area contributed by atoms with E-state index in [-0.39, 0.29) is 5.82 Å². The van der Waals surface area contributed by atoms with Crippen LogP contribution in [0.4, 0.5) is 15.8 Å². The minimum absolute atomic E-state index is 0.217. The Labute approximate surface area is 134 Å². The maximum atomic E-state index is 13.4. The Morgan fingerprint density at radius 3 is 2.57 bits per heavy atom. The van der Waals surface area contributed by atoms with Crippen LogP contribution in [0, 0.1) is 5.82 Å². The van der Waals surface area contributed by atoms with Crippen molar-refractivity contribution in [2.75, 3.05) is 18.0 Å². The molecule has 2 rings (SSSR count). The molecule has 0 amide bonds. The van der Waals surface area contributed by atoms with Crippen molar-refractivity contribution >= 4 is 27.3 Å². The van der Waals surface area contributed by atoms with Gasteiger partial charge in [-0.25, -0.2) is 4.39 Å². The minimum atomic E-state index is -0.217. The molecule has 2 aromatic carbocycles. The molecule has 0 fully saturated rings. The number of nitrogens with zero attached hydrogens (tertiary/aromatic N) is 1. The van der Waals surface area contributed by atoms with E-state index in [1.54, 1.807) is 12.1 Å². The topological polar surface area (TPSA) is 15.3 Å². The van der Waals surface area contributed by atoms with Crippen LogP contribution in [-0.2, 0) is 6.54 Å². The van der Waals surface area contributed by atoms with Gasteiger partial charge in [-0.15, -0.1) is 0 Å². The van der Waals surface area contributed by atoms with Crippen LogP contribution in [0.25, 0.3) is 0 Å². The first-order valence-corrected chi connectivity index (χ1v) is 7.97. The molecule has 0 atom stereocenters. The average molecular weight is 351 g/mol. The lowest BCUT2D eigenvalue weighted by atomic mass is 10.1. The zero-order valence-electron chi connectivity index (χ0n) is 12.4. The van der Waals surface area contributed by atoms with Gasteiger partial charge in [-0.2, -0.15) is 0 Å². The number of benzene rings is 2.